The van der Waals surface area contributed by atoms with Crippen molar-refractivity contribution in [2.24, 2.45) is 0 Å². The normalized spacial score (nSPS) is 18.4. The topological polar surface area (TPSA) is 83.4 Å². The number of ketones is 1. The molecule has 0 bridgehead atoms. The summed E-state index contributed by atoms with van der Waals surface area (Å²) < 4.78 is 0.850. The zero-order valence-electron chi connectivity index (χ0n) is 15.0. The van der Waals surface area contributed by atoms with Gasteiger partial charge in [-0.05, 0) is 48.9 Å². The van der Waals surface area contributed by atoms with Crippen molar-refractivity contribution in [3.8, 4) is 0 Å². The van der Waals surface area contributed by atoms with E-state index in [9.17, 15) is 14.7 Å². The van der Waals surface area contributed by atoms with Gasteiger partial charge in [0.15, 0.2) is 0 Å². The van der Waals surface area contributed by atoms with Gasteiger partial charge in [0, 0.05) is 15.1 Å². The van der Waals surface area contributed by atoms with Crippen molar-refractivity contribution >= 4 is 61.4 Å². The number of hydrogen-bond donors (Lipinski definition) is 1. The van der Waals surface area contributed by atoms with Gasteiger partial charge < -0.3 is 5.11 Å². The van der Waals surface area contributed by atoms with Crippen LogP contribution >= 0.6 is 38.9 Å². The Morgan fingerprint density at radius 2 is 1.76 bits per heavy atom. The Balaban J connectivity index is 1.93. The molecule has 9 heteroatoms. The zero-order chi connectivity index (χ0) is 20.7. The lowest BCUT2D eigenvalue weighted by atomic mass is 9.95. The minimum absolute atomic E-state index is 0.00695. The highest BCUT2D eigenvalue weighted by atomic mass is 79.9. The van der Waals surface area contributed by atoms with Crippen LogP contribution in [0.5, 0.6) is 0 Å². The summed E-state index contributed by atoms with van der Waals surface area (Å²) in [6.45, 7) is 1.76. The number of halogens is 2. The minimum Gasteiger partial charge on any atom is -0.507 e. The molecule has 0 spiro atoms. The number of aliphatic hydroxyl groups excluding tert-OH is 1. The Labute approximate surface area is 183 Å². The maximum Gasteiger partial charge on any atom is 0.301 e. The number of anilines is 1. The lowest BCUT2D eigenvalue weighted by molar-refractivity contribution is -0.132. The second-order valence-corrected chi connectivity index (χ2v) is 8.84. The van der Waals surface area contributed by atoms with Crippen molar-refractivity contribution in [3.05, 3.63) is 79.7 Å². The van der Waals surface area contributed by atoms with Gasteiger partial charge in [-0.25, -0.2) is 0 Å². The molecule has 0 saturated carbocycles. The molecule has 146 valence electrons. The standard InChI is InChI=1S/C20H13BrClN3O3S/c1-10-23-24-20(29-10)25-16(11-2-6-13(21)7-3-11)15(18(27)19(25)28)17(26)12-4-8-14(22)9-5-12/h2-9,16,26H,1H3/b17-15+/t16-/m1/s1. The summed E-state index contributed by atoms with van der Waals surface area (Å²) in [7, 11) is 0. The first-order valence-corrected chi connectivity index (χ1v) is 10.5. The maximum absolute atomic E-state index is 12.9. The number of rotatable bonds is 3. The number of aliphatic hydroxyl groups is 1. The summed E-state index contributed by atoms with van der Waals surface area (Å²) in [5, 5.41) is 20.4. The van der Waals surface area contributed by atoms with Gasteiger partial charge >= 0.3 is 5.91 Å². The van der Waals surface area contributed by atoms with Crippen molar-refractivity contribution in [1.82, 2.24) is 10.2 Å². The molecule has 1 aliphatic rings. The first kappa shape index (κ1) is 19.8. The fraction of sp³-hybridized carbons (Fsp3) is 0.100. The monoisotopic (exact) mass is 489 g/mol. The largest absolute Gasteiger partial charge is 0.507 e. The molecule has 3 aromatic rings. The number of amides is 1. The highest BCUT2D eigenvalue weighted by molar-refractivity contribution is 9.10. The van der Waals surface area contributed by atoms with E-state index in [0.29, 0.717) is 26.3 Å². The Kier molecular flexibility index (Phi) is 5.24. The fourth-order valence-electron chi connectivity index (χ4n) is 3.14. The Bertz CT molecular complexity index is 1140. The summed E-state index contributed by atoms with van der Waals surface area (Å²) >= 11 is 10.5. The average molecular weight is 491 g/mol. The first-order chi connectivity index (χ1) is 13.9. The molecular formula is C20H13BrClN3O3S. The number of aryl methyl sites for hydroxylation is 1. The third-order valence-electron chi connectivity index (χ3n) is 4.47. The van der Waals surface area contributed by atoms with Crippen LogP contribution in [0.25, 0.3) is 5.76 Å². The van der Waals surface area contributed by atoms with E-state index in [1.54, 1.807) is 43.3 Å². The smallest absolute Gasteiger partial charge is 0.301 e. The van der Waals surface area contributed by atoms with E-state index in [-0.39, 0.29) is 11.3 Å². The molecule has 1 aromatic heterocycles. The molecule has 2 aromatic carbocycles. The van der Waals surface area contributed by atoms with E-state index < -0.39 is 17.7 Å². The number of benzene rings is 2. The van der Waals surface area contributed by atoms with Gasteiger partial charge in [0.25, 0.3) is 5.78 Å². The van der Waals surface area contributed by atoms with Crippen molar-refractivity contribution in [1.29, 1.82) is 0 Å². The first-order valence-electron chi connectivity index (χ1n) is 8.49. The number of Topliss-reactive ketones (excluding diaryl/α,β-unsaturated/α-hetero) is 1. The second kappa shape index (κ2) is 7.70. The Morgan fingerprint density at radius 3 is 2.34 bits per heavy atom. The van der Waals surface area contributed by atoms with Crippen LogP contribution in [-0.2, 0) is 9.59 Å². The number of hydrogen-bond acceptors (Lipinski definition) is 6. The third kappa shape index (κ3) is 3.59. The molecule has 1 amide bonds. The van der Waals surface area contributed by atoms with E-state index in [1.165, 1.54) is 16.2 Å². The van der Waals surface area contributed by atoms with Crippen molar-refractivity contribution in [2.45, 2.75) is 13.0 Å². The summed E-state index contributed by atoms with van der Waals surface area (Å²) in [6, 6.07) is 12.8. The number of carbonyl (C=O) groups is 2. The van der Waals surface area contributed by atoms with E-state index in [1.807, 2.05) is 12.1 Å². The van der Waals surface area contributed by atoms with E-state index >= 15 is 0 Å². The van der Waals surface area contributed by atoms with Crippen LogP contribution in [0, 0.1) is 6.92 Å². The lowest BCUT2D eigenvalue weighted by Gasteiger charge is -2.22. The Morgan fingerprint density at radius 1 is 1.10 bits per heavy atom. The molecule has 4 rings (SSSR count). The van der Waals surface area contributed by atoms with Crippen LogP contribution < -0.4 is 4.90 Å². The second-order valence-electron chi connectivity index (χ2n) is 6.33. The number of aromatic nitrogens is 2. The maximum atomic E-state index is 12.9. The molecule has 2 heterocycles. The molecule has 1 N–H and O–H groups in total. The third-order valence-corrected chi connectivity index (χ3v) is 6.09. The minimum atomic E-state index is -0.828. The molecule has 0 aliphatic carbocycles. The summed E-state index contributed by atoms with van der Waals surface area (Å²) in [5.41, 5.74) is 1.05. The van der Waals surface area contributed by atoms with Crippen molar-refractivity contribution < 1.29 is 14.7 Å². The predicted molar refractivity (Wildman–Crippen MR) is 115 cm³/mol. The van der Waals surface area contributed by atoms with E-state index in [4.69, 9.17) is 11.6 Å². The number of carbonyl (C=O) groups excluding carboxylic acids is 2. The highest BCUT2D eigenvalue weighted by Crippen LogP contribution is 2.43. The summed E-state index contributed by atoms with van der Waals surface area (Å²) in [4.78, 5) is 27.1. The SMILES string of the molecule is Cc1nnc(N2C(=O)C(=O)/C(=C(/O)c3ccc(Cl)cc3)[C@H]2c2ccc(Br)cc2)s1. The van der Waals surface area contributed by atoms with Crippen molar-refractivity contribution in [2.75, 3.05) is 4.90 Å². The van der Waals surface area contributed by atoms with E-state index in [2.05, 4.69) is 26.1 Å². The fourth-order valence-corrected chi connectivity index (χ4v) is 4.24. The molecule has 1 aliphatic heterocycles. The zero-order valence-corrected chi connectivity index (χ0v) is 18.1. The van der Waals surface area contributed by atoms with Crippen LogP contribution in [0.4, 0.5) is 5.13 Å². The van der Waals surface area contributed by atoms with Crippen molar-refractivity contribution in [3.63, 3.8) is 0 Å². The molecule has 29 heavy (non-hydrogen) atoms. The molecule has 1 atom stereocenters. The molecule has 1 saturated heterocycles. The Hall–Kier alpha value is -2.55. The van der Waals surface area contributed by atoms with Crippen LogP contribution in [0.2, 0.25) is 5.02 Å². The van der Waals surface area contributed by atoms with Crippen LogP contribution in [0.15, 0.2) is 58.6 Å². The summed E-state index contributed by atoms with van der Waals surface area (Å²) in [6.07, 6.45) is 0. The lowest BCUT2D eigenvalue weighted by Crippen LogP contribution is -2.29. The van der Waals surface area contributed by atoms with Gasteiger partial charge in [0.1, 0.15) is 10.8 Å². The highest BCUT2D eigenvalue weighted by Gasteiger charge is 2.48. The van der Waals surface area contributed by atoms with E-state index in [0.717, 1.165) is 4.47 Å². The quantitative estimate of drug-likeness (QED) is 0.321. The average Bonchev–Trinajstić information content (AvgIpc) is 3.24. The molecular weight excluding hydrogens is 478 g/mol. The molecule has 0 radical (unpaired) electrons. The van der Waals surface area contributed by atoms with Gasteiger partial charge in [-0.3, -0.25) is 14.5 Å². The van der Waals surface area contributed by atoms with Gasteiger partial charge in [0.2, 0.25) is 5.13 Å². The molecule has 1 fully saturated rings. The van der Waals surface area contributed by atoms with Crippen LogP contribution in [-0.4, -0.2) is 27.0 Å². The predicted octanol–water partition coefficient (Wildman–Crippen LogP) is 4.89. The van der Waals surface area contributed by atoms with Gasteiger partial charge in [-0.1, -0.05) is 51.0 Å². The van der Waals surface area contributed by atoms with Gasteiger partial charge in [-0.2, -0.15) is 0 Å². The van der Waals surface area contributed by atoms with Crippen LogP contribution in [0.3, 0.4) is 0 Å². The summed E-state index contributed by atoms with van der Waals surface area (Å²) in [5.74, 6) is -1.81. The van der Waals surface area contributed by atoms with Gasteiger partial charge in [0.05, 0.1) is 11.6 Å². The number of nitrogens with zero attached hydrogens (tertiary/aromatic N) is 3. The van der Waals surface area contributed by atoms with Gasteiger partial charge in [-0.15, -0.1) is 10.2 Å². The molecule has 0 unspecified atom stereocenters. The molecule has 6 nitrogen and oxygen atoms in total. The van der Waals surface area contributed by atoms with Crippen LogP contribution in [0.1, 0.15) is 22.2 Å².